The minimum absolute atomic E-state index is 0.00229. The van der Waals surface area contributed by atoms with Gasteiger partial charge in [0.15, 0.2) is 0 Å². The first-order valence-electron chi connectivity index (χ1n) is 8.10. The van der Waals surface area contributed by atoms with E-state index < -0.39 is 0 Å². The van der Waals surface area contributed by atoms with Crippen LogP contribution < -0.4 is 10.6 Å². The average molecular weight is 342 g/mol. The molecule has 1 unspecified atom stereocenters. The normalized spacial score (nSPS) is 20.1. The van der Waals surface area contributed by atoms with Crippen molar-refractivity contribution in [1.82, 2.24) is 9.88 Å². The Hall–Kier alpha value is -2.41. The van der Waals surface area contributed by atoms with Crippen molar-refractivity contribution in [3.63, 3.8) is 0 Å². The van der Waals surface area contributed by atoms with Gasteiger partial charge in [0.1, 0.15) is 5.01 Å². The molecule has 2 N–H and O–H groups in total. The van der Waals surface area contributed by atoms with Crippen molar-refractivity contribution in [2.75, 3.05) is 23.7 Å². The summed E-state index contributed by atoms with van der Waals surface area (Å²) in [6, 6.07) is 5.48. The summed E-state index contributed by atoms with van der Waals surface area (Å²) in [5.74, 6) is -0.0942. The van der Waals surface area contributed by atoms with Crippen molar-refractivity contribution in [3.05, 3.63) is 40.3 Å². The van der Waals surface area contributed by atoms with E-state index >= 15 is 0 Å². The SMILES string of the molecule is O=C1CNc2ccc(C(=O)N3CCCCC3c3nccs3)cc2N1. The second kappa shape index (κ2) is 6.24. The predicted molar refractivity (Wildman–Crippen MR) is 93.3 cm³/mol. The van der Waals surface area contributed by atoms with E-state index in [2.05, 4.69) is 15.6 Å². The van der Waals surface area contributed by atoms with Crippen LogP contribution in [0.3, 0.4) is 0 Å². The molecule has 124 valence electrons. The number of thiazole rings is 1. The largest absolute Gasteiger partial charge is 0.374 e. The van der Waals surface area contributed by atoms with Crippen molar-refractivity contribution < 1.29 is 9.59 Å². The van der Waals surface area contributed by atoms with Crippen LogP contribution in [0.25, 0.3) is 0 Å². The van der Waals surface area contributed by atoms with Gasteiger partial charge in [-0.1, -0.05) is 0 Å². The molecule has 0 aliphatic carbocycles. The molecule has 1 fully saturated rings. The van der Waals surface area contributed by atoms with Crippen LogP contribution in [-0.2, 0) is 4.79 Å². The van der Waals surface area contributed by atoms with Crippen LogP contribution in [0, 0.1) is 0 Å². The molecular formula is C17H18N4O2S. The Kier molecular flexibility index (Phi) is 3.93. The molecule has 0 bridgehead atoms. The van der Waals surface area contributed by atoms with Crippen molar-refractivity contribution in [3.8, 4) is 0 Å². The lowest BCUT2D eigenvalue weighted by molar-refractivity contribution is -0.114. The van der Waals surface area contributed by atoms with Crippen LogP contribution in [0.2, 0.25) is 0 Å². The summed E-state index contributed by atoms with van der Waals surface area (Å²) in [7, 11) is 0. The first-order valence-corrected chi connectivity index (χ1v) is 8.98. The molecule has 24 heavy (non-hydrogen) atoms. The van der Waals surface area contributed by atoms with Gasteiger partial charge in [0.05, 0.1) is 24.0 Å². The van der Waals surface area contributed by atoms with Crippen LogP contribution in [0.1, 0.15) is 40.7 Å². The number of amides is 2. The number of anilines is 2. The van der Waals surface area contributed by atoms with E-state index in [1.807, 2.05) is 22.4 Å². The molecular weight excluding hydrogens is 324 g/mol. The molecule has 3 heterocycles. The maximum Gasteiger partial charge on any atom is 0.254 e. The molecule has 2 aliphatic heterocycles. The number of nitrogens with zero attached hydrogens (tertiary/aromatic N) is 2. The topological polar surface area (TPSA) is 74.3 Å². The lowest BCUT2D eigenvalue weighted by atomic mass is 10.0. The molecule has 1 atom stereocenters. The Morgan fingerprint density at radius 2 is 2.21 bits per heavy atom. The monoisotopic (exact) mass is 342 g/mol. The van der Waals surface area contributed by atoms with Crippen LogP contribution in [0.5, 0.6) is 0 Å². The quantitative estimate of drug-likeness (QED) is 0.880. The molecule has 2 aromatic rings. The smallest absolute Gasteiger partial charge is 0.254 e. The molecule has 6 nitrogen and oxygen atoms in total. The summed E-state index contributed by atoms with van der Waals surface area (Å²) in [4.78, 5) is 30.9. The maximum atomic E-state index is 13.0. The summed E-state index contributed by atoms with van der Waals surface area (Å²) in [6.07, 6.45) is 4.86. The number of carbonyl (C=O) groups is 2. The van der Waals surface area contributed by atoms with Gasteiger partial charge in [-0.05, 0) is 37.5 Å². The summed E-state index contributed by atoms with van der Waals surface area (Å²) < 4.78 is 0. The number of carbonyl (C=O) groups excluding carboxylic acids is 2. The number of hydrogen-bond acceptors (Lipinski definition) is 5. The molecule has 0 radical (unpaired) electrons. The summed E-state index contributed by atoms with van der Waals surface area (Å²) in [5.41, 5.74) is 2.11. The Morgan fingerprint density at radius 1 is 1.29 bits per heavy atom. The van der Waals surface area contributed by atoms with Crippen LogP contribution in [-0.4, -0.2) is 34.8 Å². The van der Waals surface area contributed by atoms with E-state index in [4.69, 9.17) is 0 Å². The minimum atomic E-state index is -0.0919. The number of nitrogens with one attached hydrogen (secondary N) is 2. The van der Waals surface area contributed by atoms with E-state index in [0.717, 1.165) is 36.5 Å². The molecule has 1 saturated heterocycles. The number of hydrogen-bond donors (Lipinski definition) is 2. The van der Waals surface area contributed by atoms with Crippen molar-refractivity contribution in [2.45, 2.75) is 25.3 Å². The average Bonchev–Trinajstić information content (AvgIpc) is 3.15. The fourth-order valence-electron chi connectivity index (χ4n) is 3.30. The van der Waals surface area contributed by atoms with E-state index in [1.54, 1.807) is 23.6 Å². The van der Waals surface area contributed by atoms with Gasteiger partial charge in [0, 0.05) is 23.7 Å². The molecule has 4 rings (SSSR count). The second-order valence-electron chi connectivity index (χ2n) is 6.04. The van der Waals surface area contributed by atoms with Gasteiger partial charge in [0.25, 0.3) is 5.91 Å². The highest BCUT2D eigenvalue weighted by Gasteiger charge is 2.30. The first kappa shape index (κ1) is 15.1. The number of rotatable bonds is 2. The van der Waals surface area contributed by atoms with Crippen LogP contribution in [0.15, 0.2) is 29.8 Å². The summed E-state index contributed by atoms with van der Waals surface area (Å²) in [5, 5.41) is 8.81. The highest BCUT2D eigenvalue weighted by Crippen LogP contribution is 2.34. The highest BCUT2D eigenvalue weighted by molar-refractivity contribution is 7.09. The van der Waals surface area contributed by atoms with Crippen LogP contribution in [0.4, 0.5) is 11.4 Å². The fourth-order valence-corrected chi connectivity index (χ4v) is 4.09. The van der Waals surface area contributed by atoms with Crippen LogP contribution >= 0.6 is 11.3 Å². The molecule has 0 saturated carbocycles. The van der Waals surface area contributed by atoms with Crippen molar-refractivity contribution in [1.29, 1.82) is 0 Å². The maximum absolute atomic E-state index is 13.0. The lowest BCUT2D eigenvalue weighted by Crippen LogP contribution is -2.38. The fraction of sp³-hybridized carbons (Fsp3) is 0.353. The summed E-state index contributed by atoms with van der Waals surface area (Å²) >= 11 is 1.60. The number of fused-ring (bicyclic) bond motifs is 1. The Balaban J connectivity index is 1.62. The van der Waals surface area contributed by atoms with Gasteiger partial charge in [-0.2, -0.15) is 0 Å². The summed E-state index contributed by atoms with van der Waals surface area (Å²) in [6.45, 7) is 1.00. The van der Waals surface area contributed by atoms with E-state index in [9.17, 15) is 9.59 Å². The lowest BCUT2D eigenvalue weighted by Gasteiger charge is -2.34. The van der Waals surface area contributed by atoms with E-state index in [0.29, 0.717) is 11.3 Å². The van der Waals surface area contributed by atoms with Gasteiger partial charge in [-0.25, -0.2) is 4.98 Å². The second-order valence-corrected chi connectivity index (χ2v) is 6.97. The molecule has 0 spiro atoms. The zero-order chi connectivity index (χ0) is 16.5. The Bertz CT molecular complexity index is 775. The molecule has 1 aromatic carbocycles. The Morgan fingerprint density at radius 3 is 3.04 bits per heavy atom. The predicted octanol–water partition coefficient (Wildman–Crippen LogP) is 2.87. The number of aromatic nitrogens is 1. The number of benzene rings is 1. The van der Waals surface area contributed by atoms with Gasteiger partial charge in [-0.3, -0.25) is 9.59 Å². The third-order valence-electron chi connectivity index (χ3n) is 4.48. The molecule has 2 amide bonds. The van der Waals surface area contributed by atoms with Crippen molar-refractivity contribution in [2.24, 2.45) is 0 Å². The van der Waals surface area contributed by atoms with E-state index in [1.165, 1.54) is 0 Å². The zero-order valence-corrected chi connectivity index (χ0v) is 13.9. The van der Waals surface area contributed by atoms with Gasteiger partial charge >= 0.3 is 0 Å². The highest BCUT2D eigenvalue weighted by atomic mass is 32.1. The standard InChI is InChI=1S/C17H18N4O2S/c22-15-10-19-12-5-4-11(9-13(12)20-15)17(23)21-7-2-1-3-14(21)16-18-6-8-24-16/h4-6,8-9,14,19H,1-3,7,10H2,(H,20,22). The zero-order valence-electron chi connectivity index (χ0n) is 13.1. The van der Waals surface area contributed by atoms with Gasteiger partial charge < -0.3 is 15.5 Å². The Labute approximate surface area is 143 Å². The third kappa shape index (κ3) is 2.75. The molecule has 2 aliphatic rings. The third-order valence-corrected chi connectivity index (χ3v) is 5.36. The molecule has 1 aromatic heterocycles. The first-order chi connectivity index (χ1) is 11.7. The van der Waals surface area contributed by atoms with Gasteiger partial charge in [-0.15, -0.1) is 11.3 Å². The number of piperidine rings is 1. The van der Waals surface area contributed by atoms with Gasteiger partial charge in [0.2, 0.25) is 5.91 Å². The van der Waals surface area contributed by atoms with E-state index in [-0.39, 0.29) is 24.4 Å². The molecule has 7 heteroatoms. The minimum Gasteiger partial charge on any atom is -0.374 e. The van der Waals surface area contributed by atoms with Crippen molar-refractivity contribution >= 4 is 34.5 Å². The number of likely N-dealkylation sites (tertiary alicyclic amines) is 1.